The summed E-state index contributed by atoms with van der Waals surface area (Å²) in [6.07, 6.45) is 0.973. The van der Waals surface area contributed by atoms with Crippen LogP contribution in [0.2, 0.25) is 0 Å². The molecule has 0 atom stereocenters. The van der Waals surface area contributed by atoms with Gasteiger partial charge in [0.05, 0.1) is 12.7 Å². The van der Waals surface area contributed by atoms with Crippen LogP contribution in [0.5, 0.6) is 11.6 Å². The van der Waals surface area contributed by atoms with Gasteiger partial charge in [0, 0.05) is 23.4 Å². The molecule has 4 rings (SSSR count). The number of hydrogen-bond donors (Lipinski definition) is 0. The summed E-state index contributed by atoms with van der Waals surface area (Å²) >= 11 is 1.58. The van der Waals surface area contributed by atoms with E-state index in [1.165, 1.54) is 0 Å². The quantitative estimate of drug-likeness (QED) is 0.444. The van der Waals surface area contributed by atoms with E-state index in [4.69, 9.17) is 9.47 Å². The standard InChI is InChI=1S/C23H22N2O4S/c1-15-21(24-23-25(22(15)27)12-3-13-30-23)29-14-16-4-6-17(7-5-16)20(26)18-8-10-19(28-2)11-9-18/h4-11H,3,12-14H2,1-2H3. The average molecular weight is 423 g/mol. The molecule has 0 bridgehead atoms. The average Bonchev–Trinajstić information content (AvgIpc) is 2.80. The fourth-order valence-corrected chi connectivity index (χ4v) is 4.19. The van der Waals surface area contributed by atoms with E-state index >= 15 is 0 Å². The SMILES string of the molecule is COc1ccc(C(=O)c2ccc(COc3nc4n(c(=O)c3C)CCCS4)cc2)cc1. The molecule has 7 heteroatoms. The molecule has 1 aromatic heterocycles. The summed E-state index contributed by atoms with van der Waals surface area (Å²) in [5.41, 5.74) is 2.58. The van der Waals surface area contributed by atoms with Gasteiger partial charge in [-0.2, -0.15) is 4.98 Å². The van der Waals surface area contributed by atoms with Crippen molar-refractivity contribution in [2.45, 2.75) is 31.7 Å². The Morgan fingerprint density at radius 3 is 2.43 bits per heavy atom. The van der Waals surface area contributed by atoms with Crippen LogP contribution >= 0.6 is 11.8 Å². The van der Waals surface area contributed by atoms with Crippen LogP contribution in [0.25, 0.3) is 0 Å². The summed E-state index contributed by atoms with van der Waals surface area (Å²) in [6, 6.07) is 14.3. The second kappa shape index (κ2) is 8.75. The number of methoxy groups -OCH3 is 1. The van der Waals surface area contributed by atoms with Crippen LogP contribution in [0.15, 0.2) is 58.5 Å². The highest BCUT2D eigenvalue weighted by Gasteiger charge is 2.18. The maximum absolute atomic E-state index is 12.6. The molecule has 1 aliphatic rings. The van der Waals surface area contributed by atoms with E-state index < -0.39 is 0 Å². The molecule has 0 aliphatic carbocycles. The monoisotopic (exact) mass is 422 g/mol. The normalized spacial score (nSPS) is 12.9. The highest BCUT2D eigenvalue weighted by molar-refractivity contribution is 7.99. The summed E-state index contributed by atoms with van der Waals surface area (Å²) in [7, 11) is 1.59. The summed E-state index contributed by atoms with van der Waals surface area (Å²) < 4.78 is 12.7. The van der Waals surface area contributed by atoms with Crippen molar-refractivity contribution in [3.05, 3.63) is 81.1 Å². The summed E-state index contributed by atoms with van der Waals surface area (Å²) in [5, 5.41) is 0.715. The van der Waals surface area contributed by atoms with Crippen molar-refractivity contribution in [3.8, 4) is 11.6 Å². The minimum absolute atomic E-state index is 0.0392. The second-order valence-electron chi connectivity index (χ2n) is 7.03. The van der Waals surface area contributed by atoms with E-state index in [0.29, 0.717) is 40.0 Å². The lowest BCUT2D eigenvalue weighted by Crippen LogP contribution is -2.28. The largest absolute Gasteiger partial charge is 0.497 e. The second-order valence-corrected chi connectivity index (χ2v) is 8.09. The molecule has 0 unspecified atom stereocenters. The van der Waals surface area contributed by atoms with Crippen molar-refractivity contribution in [1.29, 1.82) is 0 Å². The first-order valence-corrected chi connectivity index (χ1v) is 10.7. The molecule has 0 fully saturated rings. The molecule has 6 nitrogen and oxygen atoms in total. The number of nitrogens with zero attached hydrogens (tertiary/aromatic N) is 2. The molecule has 0 amide bonds. The molecule has 0 radical (unpaired) electrons. The summed E-state index contributed by atoms with van der Waals surface area (Å²) in [5.74, 6) is 1.99. The topological polar surface area (TPSA) is 70.4 Å². The van der Waals surface area contributed by atoms with Gasteiger partial charge in [0.1, 0.15) is 12.4 Å². The first-order chi connectivity index (χ1) is 14.6. The van der Waals surface area contributed by atoms with Gasteiger partial charge in [-0.15, -0.1) is 0 Å². The number of carbonyl (C=O) groups excluding carboxylic acids is 1. The van der Waals surface area contributed by atoms with Gasteiger partial charge in [-0.1, -0.05) is 36.0 Å². The Bertz CT molecular complexity index is 1120. The molecule has 30 heavy (non-hydrogen) atoms. The number of ketones is 1. The van der Waals surface area contributed by atoms with Gasteiger partial charge in [0.2, 0.25) is 5.88 Å². The number of thioether (sulfide) groups is 1. The molecular weight excluding hydrogens is 400 g/mol. The van der Waals surface area contributed by atoms with Crippen LogP contribution in [-0.2, 0) is 13.2 Å². The lowest BCUT2D eigenvalue weighted by Gasteiger charge is -2.18. The van der Waals surface area contributed by atoms with Crippen LogP contribution in [0.3, 0.4) is 0 Å². The molecule has 2 heterocycles. The zero-order valence-electron chi connectivity index (χ0n) is 16.9. The predicted octanol–water partition coefficient (Wildman–Crippen LogP) is 3.87. The van der Waals surface area contributed by atoms with Crippen molar-refractivity contribution >= 4 is 17.5 Å². The summed E-state index contributed by atoms with van der Waals surface area (Å²) in [6.45, 7) is 2.73. The molecule has 0 saturated carbocycles. The van der Waals surface area contributed by atoms with E-state index in [1.807, 2.05) is 12.1 Å². The van der Waals surface area contributed by atoms with E-state index in [2.05, 4.69) is 4.98 Å². The highest BCUT2D eigenvalue weighted by atomic mass is 32.2. The number of rotatable bonds is 6. The lowest BCUT2D eigenvalue weighted by molar-refractivity contribution is 0.103. The van der Waals surface area contributed by atoms with Crippen LogP contribution in [0.1, 0.15) is 33.5 Å². The Balaban J connectivity index is 1.46. The molecule has 2 aromatic carbocycles. The number of carbonyl (C=O) groups is 1. The van der Waals surface area contributed by atoms with Crippen molar-refractivity contribution in [1.82, 2.24) is 9.55 Å². The number of fused-ring (bicyclic) bond motifs is 1. The van der Waals surface area contributed by atoms with E-state index in [-0.39, 0.29) is 17.9 Å². The maximum atomic E-state index is 12.6. The van der Waals surface area contributed by atoms with Gasteiger partial charge >= 0.3 is 0 Å². The van der Waals surface area contributed by atoms with Crippen LogP contribution in [0.4, 0.5) is 0 Å². The lowest BCUT2D eigenvalue weighted by atomic mass is 10.0. The van der Waals surface area contributed by atoms with E-state index in [0.717, 1.165) is 17.7 Å². The number of hydrogen-bond acceptors (Lipinski definition) is 6. The van der Waals surface area contributed by atoms with Crippen LogP contribution in [-0.4, -0.2) is 28.2 Å². The first-order valence-electron chi connectivity index (χ1n) is 9.71. The maximum Gasteiger partial charge on any atom is 0.260 e. The van der Waals surface area contributed by atoms with Gasteiger partial charge in [0.15, 0.2) is 10.9 Å². The number of aromatic nitrogens is 2. The van der Waals surface area contributed by atoms with Crippen LogP contribution < -0.4 is 15.0 Å². The van der Waals surface area contributed by atoms with Crippen molar-refractivity contribution < 1.29 is 14.3 Å². The third kappa shape index (κ3) is 4.11. The fraction of sp³-hybridized carbons (Fsp3) is 0.261. The highest BCUT2D eigenvalue weighted by Crippen LogP contribution is 2.25. The third-order valence-electron chi connectivity index (χ3n) is 5.02. The Hall–Kier alpha value is -3.06. The Morgan fingerprint density at radius 1 is 1.10 bits per heavy atom. The summed E-state index contributed by atoms with van der Waals surface area (Å²) in [4.78, 5) is 29.7. The van der Waals surface area contributed by atoms with Gasteiger partial charge in [-0.3, -0.25) is 14.2 Å². The molecular formula is C23H22N2O4S. The molecule has 3 aromatic rings. The minimum atomic E-state index is -0.0534. The Morgan fingerprint density at radius 2 is 1.77 bits per heavy atom. The first kappa shape index (κ1) is 20.2. The third-order valence-corrected chi connectivity index (χ3v) is 6.08. The molecule has 0 saturated heterocycles. The van der Waals surface area contributed by atoms with Gasteiger partial charge in [-0.25, -0.2) is 0 Å². The zero-order chi connectivity index (χ0) is 21.1. The number of ether oxygens (including phenoxy) is 2. The molecule has 154 valence electrons. The molecule has 0 spiro atoms. The molecule has 0 N–H and O–H groups in total. The smallest absolute Gasteiger partial charge is 0.260 e. The van der Waals surface area contributed by atoms with Gasteiger partial charge in [0.25, 0.3) is 5.56 Å². The zero-order valence-corrected chi connectivity index (χ0v) is 17.7. The van der Waals surface area contributed by atoms with E-state index in [9.17, 15) is 9.59 Å². The van der Waals surface area contributed by atoms with Crippen molar-refractivity contribution in [2.75, 3.05) is 12.9 Å². The van der Waals surface area contributed by atoms with Crippen molar-refractivity contribution in [2.24, 2.45) is 0 Å². The van der Waals surface area contributed by atoms with E-state index in [1.54, 1.807) is 66.8 Å². The predicted molar refractivity (Wildman–Crippen MR) is 116 cm³/mol. The molecule has 1 aliphatic heterocycles. The Kier molecular flexibility index (Phi) is 5.90. The fourth-order valence-electron chi connectivity index (χ4n) is 3.26. The Labute approximate surface area is 178 Å². The minimum Gasteiger partial charge on any atom is -0.497 e. The van der Waals surface area contributed by atoms with Gasteiger partial charge in [-0.05, 0) is 43.2 Å². The number of benzene rings is 2. The van der Waals surface area contributed by atoms with Gasteiger partial charge < -0.3 is 9.47 Å². The van der Waals surface area contributed by atoms with Crippen molar-refractivity contribution in [3.63, 3.8) is 0 Å². The van der Waals surface area contributed by atoms with Crippen LogP contribution in [0, 0.1) is 6.92 Å².